The number of rotatable bonds is 5. The van der Waals surface area contributed by atoms with Gasteiger partial charge in [-0.25, -0.2) is 8.78 Å². The van der Waals surface area contributed by atoms with E-state index in [9.17, 15) is 13.6 Å². The van der Waals surface area contributed by atoms with E-state index in [2.05, 4.69) is 4.90 Å². The number of carboxylic acid groups (broad SMARTS) is 1. The molecule has 1 aromatic rings. The van der Waals surface area contributed by atoms with Gasteiger partial charge < -0.3 is 5.11 Å². The lowest BCUT2D eigenvalue weighted by Crippen LogP contribution is -2.36. The number of carboxylic acids is 1. The summed E-state index contributed by atoms with van der Waals surface area (Å²) in [4.78, 5) is 14.7. The Kier molecular flexibility index (Phi) is 7.88. The molecule has 1 unspecified atom stereocenters. The number of hydrogen-bond donors (Lipinski definition) is 1. The Hall–Kier alpha value is -1.24. The molecule has 1 N–H and O–H groups in total. The summed E-state index contributed by atoms with van der Waals surface area (Å²) in [6.45, 7) is 1.99. The monoisotopic (exact) mass is 348 g/mol. The van der Waals surface area contributed by atoms with Crippen LogP contribution in [0.1, 0.15) is 24.8 Å². The maximum absolute atomic E-state index is 13.7. The fourth-order valence-electron chi connectivity index (χ4n) is 2.98. The summed E-state index contributed by atoms with van der Waals surface area (Å²) in [5.74, 6) is -1.64. The third-order valence-electron chi connectivity index (χ3n) is 4.20. The number of hydrogen-bond acceptors (Lipinski definition) is 3. The van der Waals surface area contributed by atoms with Gasteiger partial charge >= 0.3 is 5.97 Å². The predicted octanol–water partition coefficient (Wildman–Crippen LogP) is 2.76. The quantitative estimate of drug-likeness (QED) is 0.888. The lowest BCUT2D eigenvalue weighted by Gasteiger charge is -2.25. The molecule has 0 aliphatic carbocycles. The molecule has 0 aromatic heterocycles. The van der Waals surface area contributed by atoms with Crippen LogP contribution in [0.25, 0.3) is 0 Å². The third-order valence-corrected chi connectivity index (χ3v) is 4.20. The highest BCUT2D eigenvalue weighted by molar-refractivity contribution is 5.85. The highest BCUT2D eigenvalue weighted by atomic mass is 35.5. The van der Waals surface area contributed by atoms with Crippen LogP contribution in [0.2, 0.25) is 0 Å². The van der Waals surface area contributed by atoms with Gasteiger partial charge in [0.1, 0.15) is 11.6 Å². The lowest BCUT2D eigenvalue weighted by atomic mass is 10.1. The molecule has 0 radical (unpaired) electrons. The molecule has 0 bridgehead atoms. The van der Waals surface area contributed by atoms with E-state index in [4.69, 9.17) is 5.11 Å². The van der Waals surface area contributed by atoms with E-state index in [1.807, 2.05) is 11.9 Å². The molecular weight excluding hydrogens is 326 g/mol. The van der Waals surface area contributed by atoms with Gasteiger partial charge in [0, 0.05) is 18.2 Å². The van der Waals surface area contributed by atoms with Gasteiger partial charge in [-0.05, 0) is 57.6 Å². The maximum Gasteiger partial charge on any atom is 0.317 e. The van der Waals surface area contributed by atoms with Gasteiger partial charge in [-0.2, -0.15) is 0 Å². The Labute approximate surface area is 141 Å². The molecule has 4 nitrogen and oxygen atoms in total. The number of aliphatic carboxylic acids is 1. The zero-order valence-electron chi connectivity index (χ0n) is 13.2. The molecular formula is C16H23ClF2N2O2. The first kappa shape index (κ1) is 19.8. The SMILES string of the molecule is CN(CC(=O)O)C1CCCN(Cc2cc(F)ccc2F)CC1.Cl. The van der Waals surface area contributed by atoms with Crippen molar-refractivity contribution in [2.24, 2.45) is 0 Å². The molecule has 1 atom stereocenters. The third kappa shape index (κ3) is 6.05. The van der Waals surface area contributed by atoms with E-state index in [1.165, 1.54) is 6.07 Å². The van der Waals surface area contributed by atoms with Crippen LogP contribution in [0, 0.1) is 11.6 Å². The number of halogens is 3. The molecule has 0 saturated carbocycles. The van der Waals surface area contributed by atoms with Crippen LogP contribution in [-0.2, 0) is 11.3 Å². The summed E-state index contributed by atoms with van der Waals surface area (Å²) in [5, 5.41) is 8.86. The minimum absolute atomic E-state index is 0. The largest absolute Gasteiger partial charge is 0.480 e. The van der Waals surface area contributed by atoms with Crippen molar-refractivity contribution in [3.05, 3.63) is 35.4 Å². The van der Waals surface area contributed by atoms with Crippen molar-refractivity contribution in [2.75, 3.05) is 26.7 Å². The van der Waals surface area contributed by atoms with Crippen LogP contribution < -0.4 is 0 Å². The lowest BCUT2D eigenvalue weighted by molar-refractivity contribution is -0.138. The second-order valence-electron chi connectivity index (χ2n) is 5.91. The van der Waals surface area contributed by atoms with Crippen molar-refractivity contribution in [1.82, 2.24) is 9.80 Å². The summed E-state index contributed by atoms with van der Waals surface area (Å²) in [6.07, 6.45) is 2.68. The van der Waals surface area contributed by atoms with E-state index >= 15 is 0 Å². The Bertz CT molecular complexity index is 531. The van der Waals surface area contributed by atoms with Crippen molar-refractivity contribution in [2.45, 2.75) is 31.8 Å². The Morgan fingerprint density at radius 3 is 2.78 bits per heavy atom. The summed E-state index contributed by atoms with van der Waals surface area (Å²) < 4.78 is 26.9. The van der Waals surface area contributed by atoms with Crippen LogP contribution in [0.15, 0.2) is 18.2 Å². The average molecular weight is 349 g/mol. The molecule has 1 heterocycles. The maximum atomic E-state index is 13.7. The molecule has 0 spiro atoms. The molecule has 2 rings (SSSR count). The first-order valence-corrected chi connectivity index (χ1v) is 7.54. The molecule has 1 aliphatic rings. The molecule has 1 saturated heterocycles. The fraction of sp³-hybridized carbons (Fsp3) is 0.562. The van der Waals surface area contributed by atoms with Gasteiger partial charge in [0.15, 0.2) is 0 Å². The molecule has 1 aromatic carbocycles. The first-order valence-electron chi connectivity index (χ1n) is 7.54. The first-order chi connectivity index (χ1) is 10.5. The highest BCUT2D eigenvalue weighted by Crippen LogP contribution is 2.19. The van der Waals surface area contributed by atoms with Crippen LogP contribution in [-0.4, -0.2) is 53.6 Å². The molecule has 0 amide bonds. The summed E-state index contributed by atoms with van der Waals surface area (Å²) in [5.41, 5.74) is 0.373. The standard InChI is InChI=1S/C16H22F2N2O2.ClH/c1-19(11-16(21)22)14-3-2-7-20(8-6-14)10-12-9-13(17)4-5-15(12)18;/h4-5,9,14H,2-3,6-8,10-11H2,1H3,(H,21,22);1H. The highest BCUT2D eigenvalue weighted by Gasteiger charge is 2.22. The van der Waals surface area contributed by atoms with Crippen LogP contribution in [0.3, 0.4) is 0 Å². The Morgan fingerprint density at radius 1 is 1.35 bits per heavy atom. The Morgan fingerprint density at radius 2 is 2.09 bits per heavy atom. The number of carbonyl (C=O) groups is 1. The van der Waals surface area contributed by atoms with Gasteiger partial charge in [-0.3, -0.25) is 14.6 Å². The van der Waals surface area contributed by atoms with Crippen molar-refractivity contribution in [3.63, 3.8) is 0 Å². The van der Waals surface area contributed by atoms with E-state index < -0.39 is 11.8 Å². The fourth-order valence-corrected chi connectivity index (χ4v) is 2.98. The molecule has 23 heavy (non-hydrogen) atoms. The van der Waals surface area contributed by atoms with Crippen LogP contribution in [0.4, 0.5) is 8.78 Å². The summed E-state index contributed by atoms with van der Waals surface area (Å²) in [6, 6.07) is 3.75. The minimum atomic E-state index is -0.828. The summed E-state index contributed by atoms with van der Waals surface area (Å²) in [7, 11) is 1.82. The van der Waals surface area contributed by atoms with Crippen LogP contribution >= 0.6 is 12.4 Å². The predicted molar refractivity (Wildman–Crippen MR) is 86.8 cm³/mol. The second-order valence-corrected chi connectivity index (χ2v) is 5.91. The molecule has 1 aliphatic heterocycles. The zero-order valence-corrected chi connectivity index (χ0v) is 14.0. The zero-order chi connectivity index (χ0) is 16.1. The van der Waals surface area contributed by atoms with Crippen molar-refractivity contribution >= 4 is 18.4 Å². The number of likely N-dealkylation sites (N-methyl/N-ethyl adjacent to an activating group) is 1. The van der Waals surface area contributed by atoms with Gasteiger partial charge in [0.05, 0.1) is 6.54 Å². The minimum Gasteiger partial charge on any atom is -0.480 e. The smallest absolute Gasteiger partial charge is 0.317 e. The van der Waals surface area contributed by atoms with Crippen molar-refractivity contribution < 1.29 is 18.7 Å². The van der Waals surface area contributed by atoms with E-state index in [0.717, 1.165) is 44.5 Å². The molecule has 1 fully saturated rings. The van der Waals surface area contributed by atoms with Gasteiger partial charge in [0.25, 0.3) is 0 Å². The van der Waals surface area contributed by atoms with Gasteiger partial charge in [0.2, 0.25) is 0 Å². The van der Waals surface area contributed by atoms with Gasteiger partial charge in [-0.1, -0.05) is 0 Å². The van der Waals surface area contributed by atoms with Crippen molar-refractivity contribution in [3.8, 4) is 0 Å². The van der Waals surface area contributed by atoms with Crippen LogP contribution in [0.5, 0.6) is 0 Å². The number of likely N-dealkylation sites (tertiary alicyclic amines) is 1. The van der Waals surface area contributed by atoms with Crippen molar-refractivity contribution in [1.29, 1.82) is 0 Å². The summed E-state index contributed by atoms with van der Waals surface area (Å²) >= 11 is 0. The second kappa shape index (κ2) is 9.15. The Balaban J connectivity index is 0.00000264. The molecule has 7 heteroatoms. The van der Waals surface area contributed by atoms with E-state index in [1.54, 1.807) is 0 Å². The average Bonchev–Trinajstić information content (AvgIpc) is 2.68. The van der Waals surface area contributed by atoms with Gasteiger partial charge in [-0.15, -0.1) is 12.4 Å². The topological polar surface area (TPSA) is 43.8 Å². The van der Waals surface area contributed by atoms with E-state index in [0.29, 0.717) is 12.1 Å². The number of nitrogens with zero attached hydrogens (tertiary/aromatic N) is 2. The van der Waals surface area contributed by atoms with E-state index in [-0.39, 0.29) is 30.8 Å². The normalized spacial score (nSPS) is 19.2. The molecule has 130 valence electrons. The number of benzene rings is 1.